The number of halogens is 1. The molecule has 0 aliphatic heterocycles. The molecular formula is C23H29ClO4. The van der Waals surface area contributed by atoms with Gasteiger partial charge in [-0.3, -0.25) is 14.4 Å². The third-order valence-corrected chi connectivity index (χ3v) is 8.89. The van der Waals surface area contributed by atoms with E-state index in [1.54, 1.807) is 13.0 Å². The van der Waals surface area contributed by atoms with Gasteiger partial charge in [-0.2, -0.15) is 0 Å². The van der Waals surface area contributed by atoms with Crippen LogP contribution in [0.3, 0.4) is 0 Å². The van der Waals surface area contributed by atoms with Gasteiger partial charge >= 0.3 is 5.97 Å². The van der Waals surface area contributed by atoms with Crippen LogP contribution in [0.15, 0.2) is 22.8 Å². The predicted molar refractivity (Wildman–Crippen MR) is 107 cm³/mol. The van der Waals surface area contributed by atoms with Crippen molar-refractivity contribution in [2.45, 2.75) is 71.8 Å². The molecule has 4 aliphatic carbocycles. The molecule has 0 saturated heterocycles. The van der Waals surface area contributed by atoms with E-state index in [0.29, 0.717) is 23.8 Å². The number of carbonyl (C=O) groups excluding carboxylic acids is 3. The van der Waals surface area contributed by atoms with Crippen molar-refractivity contribution in [1.82, 2.24) is 0 Å². The van der Waals surface area contributed by atoms with E-state index in [4.69, 9.17) is 16.3 Å². The van der Waals surface area contributed by atoms with Gasteiger partial charge in [-0.25, -0.2) is 0 Å². The van der Waals surface area contributed by atoms with Crippen LogP contribution in [0.5, 0.6) is 0 Å². The molecule has 2 saturated carbocycles. The van der Waals surface area contributed by atoms with E-state index in [-0.39, 0.29) is 40.2 Å². The van der Waals surface area contributed by atoms with Gasteiger partial charge in [0.1, 0.15) is 0 Å². The highest BCUT2D eigenvalue weighted by Gasteiger charge is 2.67. The summed E-state index contributed by atoms with van der Waals surface area (Å²) in [5.74, 6) is 0.584. The summed E-state index contributed by atoms with van der Waals surface area (Å²) >= 11 is 6.71. The third-order valence-electron chi connectivity index (χ3n) is 8.56. The Hall–Kier alpha value is -1.42. The number of ether oxygens (including phenoxy) is 1. The van der Waals surface area contributed by atoms with Crippen LogP contribution in [0, 0.1) is 28.6 Å². The lowest BCUT2D eigenvalue weighted by Crippen LogP contribution is -2.58. The van der Waals surface area contributed by atoms with Gasteiger partial charge in [-0.05, 0) is 73.8 Å². The Balaban J connectivity index is 1.79. The van der Waals surface area contributed by atoms with Crippen molar-refractivity contribution in [2.75, 3.05) is 0 Å². The minimum atomic E-state index is -1.03. The Morgan fingerprint density at radius 3 is 2.43 bits per heavy atom. The highest BCUT2D eigenvalue weighted by Crippen LogP contribution is 2.68. The van der Waals surface area contributed by atoms with Gasteiger partial charge in [0.05, 0.1) is 0 Å². The Bertz CT molecular complexity index is 826. The van der Waals surface area contributed by atoms with E-state index in [9.17, 15) is 14.4 Å². The normalized spacial score (nSPS) is 44.6. The number of carbonyl (C=O) groups is 3. The summed E-state index contributed by atoms with van der Waals surface area (Å²) in [7, 11) is 0. The number of rotatable bonds is 2. The first kappa shape index (κ1) is 19.9. The number of esters is 1. The molecule has 4 aliphatic rings. The molecular weight excluding hydrogens is 376 g/mol. The average molecular weight is 405 g/mol. The van der Waals surface area contributed by atoms with Crippen molar-refractivity contribution < 1.29 is 19.1 Å². The van der Waals surface area contributed by atoms with Crippen molar-refractivity contribution >= 4 is 29.1 Å². The quantitative estimate of drug-likeness (QED) is 0.623. The molecule has 5 heteroatoms. The van der Waals surface area contributed by atoms with Crippen LogP contribution in [-0.4, -0.2) is 23.1 Å². The zero-order chi connectivity index (χ0) is 20.5. The van der Waals surface area contributed by atoms with Gasteiger partial charge in [0.25, 0.3) is 0 Å². The molecule has 0 radical (unpaired) electrons. The second kappa shape index (κ2) is 6.29. The average Bonchev–Trinajstić information content (AvgIpc) is 2.90. The Morgan fingerprint density at radius 2 is 1.79 bits per heavy atom. The molecule has 0 bridgehead atoms. The van der Waals surface area contributed by atoms with Crippen LogP contribution in [0.25, 0.3) is 0 Å². The summed E-state index contributed by atoms with van der Waals surface area (Å²) in [4.78, 5) is 36.6. The maximum absolute atomic E-state index is 12.7. The number of fused-ring (bicyclic) bond motifs is 5. The van der Waals surface area contributed by atoms with Crippen LogP contribution < -0.4 is 0 Å². The Morgan fingerprint density at radius 1 is 1.11 bits per heavy atom. The van der Waals surface area contributed by atoms with E-state index in [1.807, 2.05) is 0 Å². The minimum absolute atomic E-state index is 0.0490. The fourth-order valence-electron chi connectivity index (χ4n) is 7.13. The van der Waals surface area contributed by atoms with E-state index >= 15 is 0 Å². The number of allylic oxidation sites excluding steroid dienone is 4. The van der Waals surface area contributed by atoms with Crippen molar-refractivity contribution in [2.24, 2.45) is 28.6 Å². The lowest BCUT2D eigenvalue weighted by atomic mass is 9.48. The van der Waals surface area contributed by atoms with Crippen LogP contribution in [0.2, 0.25) is 0 Å². The third kappa shape index (κ3) is 2.46. The smallest absolute Gasteiger partial charge is 0.303 e. The Labute approximate surface area is 171 Å². The molecule has 0 aromatic heterocycles. The molecule has 0 aromatic carbocycles. The summed E-state index contributed by atoms with van der Waals surface area (Å²) in [6.07, 6.45) is 8.48. The maximum Gasteiger partial charge on any atom is 0.303 e. The number of hydrogen-bond acceptors (Lipinski definition) is 4. The monoisotopic (exact) mass is 404 g/mol. The van der Waals surface area contributed by atoms with Gasteiger partial charge in [-0.15, -0.1) is 0 Å². The van der Waals surface area contributed by atoms with Crippen molar-refractivity contribution in [3.8, 4) is 0 Å². The van der Waals surface area contributed by atoms with Crippen LogP contribution in [-0.2, 0) is 19.1 Å². The molecule has 0 N–H and O–H groups in total. The van der Waals surface area contributed by atoms with Gasteiger partial charge < -0.3 is 4.74 Å². The van der Waals surface area contributed by atoms with Gasteiger partial charge in [0.15, 0.2) is 17.2 Å². The van der Waals surface area contributed by atoms with E-state index < -0.39 is 5.60 Å². The number of ketones is 2. The molecule has 0 aromatic rings. The topological polar surface area (TPSA) is 60.4 Å². The number of hydrogen-bond donors (Lipinski definition) is 0. The molecule has 4 nitrogen and oxygen atoms in total. The second-order valence-electron chi connectivity index (χ2n) is 9.72. The summed E-state index contributed by atoms with van der Waals surface area (Å²) < 4.78 is 5.79. The lowest BCUT2D eigenvalue weighted by Gasteiger charge is -2.57. The van der Waals surface area contributed by atoms with E-state index in [0.717, 1.165) is 31.3 Å². The molecule has 6 atom stereocenters. The highest BCUT2D eigenvalue weighted by atomic mass is 35.5. The summed E-state index contributed by atoms with van der Waals surface area (Å²) in [5.41, 5.74) is -0.532. The molecule has 0 amide bonds. The molecule has 0 spiro atoms. The summed E-state index contributed by atoms with van der Waals surface area (Å²) in [6.45, 7) is 7.33. The zero-order valence-corrected chi connectivity index (χ0v) is 17.9. The minimum Gasteiger partial charge on any atom is -0.451 e. The second-order valence-corrected chi connectivity index (χ2v) is 10.1. The maximum atomic E-state index is 12.7. The van der Waals surface area contributed by atoms with Gasteiger partial charge in [0.2, 0.25) is 0 Å². The first-order valence-corrected chi connectivity index (χ1v) is 10.8. The standard InChI is InChI=1S/C23H29ClO4/c1-13(25)23(28-14(2)26)10-7-18-16-12-20(24)19-11-15(27)5-8-21(19,3)17(16)6-9-22(18,23)4/h11-12,16-18H,5-10H2,1-4H3/t16?,17?,18?,21?,22?,23-/m0/s1. The fourth-order valence-corrected chi connectivity index (χ4v) is 7.55. The van der Waals surface area contributed by atoms with Crippen molar-refractivity contribution in [3.63, 3.8) is 0 Å². The van der Waals surface area contributed by atoms with Crippen LogP contribution >= 0.6 is 11.6 Å². The van der Waals surface area contributed by atoms with Crippen molar-refractivity contribution in [3.05, 3.63) is 22.8 Å². The predicted octanol–water partition coefficient (Wildman–Crippen LogP) is 4.75. The number of Topliss-reactive ketones (excluding diaryl/α,β-unsaturated/α-hetero) is 1. The van der Waals surface area contributed by atoms with E-state index in [2.05, 4.69) is 19.9 Å². The molecule has 152 valence electrons. The fraction of sp³-hybridized carbons (Fsp3) is 0.696. The molecule has 2 fully saturated rings. The zero-order valence-electron chi connectivity index (χ0n) is 17.1. The molecule has 4 rings (SSSR count). The summed E-state index contributed by atoms with van der Waals surface area (Å²) in [5, 5.41) is 0.689. The van der Waals surface area contributed by atoms with Crippen molar-refractivity contribution in [1.29, 1.82) is 0 Å². The van der Waals surface area contributed by atoms with E-state index in [1.165, 1.54) is 6.92 Å². The largest absolute Gasteiger partial charge is 0.451 e. The van der Waals surface area contributed by atoms with Crippen LogP contribution in [0.4, 0.5) is 0 Å². The van der Waals surface area contributed by atoms with Gasteiger partial charge in [-0.1, -0.05) is 31.5 Å². The van der Waals surface area contributed by atoms with Gasteiger partial charge in [0, 0.05) is 23.8 Å². The molecule has 5 unspecified atom stereocenters. The Kier molecular flexibility index (Phi) is 4.46. The highest BCUT2D eigenvalue weighted by molar-refractivity contribution is 6.32. The lowest BCUT2D eigenvalue weighted by molar-refractivity contribution is -0.185. The van der Waals surface area contributed by atoms with Crippen LogP contribution in [0.1, 0.15) is 66.2 Å². The first-order valence-electron chi connectivity index (χ1n) is 10.4. The molecule has 0 heterocycles. The molecule has 28 heavy (non-hydrogen) atoms. The SMILES string of the molecule is CC(=O)O[C@]1(C(C)=O)CCC2C3C=C(Cl)C4=CC(=O)CCC4(C)C3CCC21C. The first-order chi connectivity index (χ1) is 13.0. The summed E-state index contributed by atoms with van der Waals surface area (Å²) in [6, 6.07) is 0.